The third kappa shape index (κ3) is 3.84. The normalized spacial score (nSPS) is 9.94. The van der Waals surface area contributed by atoms with Crippen LogP contribution in [0.1, 0.15) is 25.4 Å². The first-order chi connectivity index (χ1) is 7.65. The van der Waals surface area contributed by atoms with E-state index in [0.717, 1.165) is 12.1 Å². The summed E-state index contributed by atoms with van der Waals surface area (Å²) in [6.07, 6.45) is 0.845. The highest BCUT2D eigenvalue weighted by molar-refractivity contribution is 5.74. The molecule has 5 heteroatoms. The number of aryl methyl sites for hydroxylation is 2. The van der Waals surface area contributed by atoms with Gasteiger partial charge in [0.1, 0.15) is 18.2 Å². The lowest BCUT2D eigenvalue weighted by molar-refractivity contribution is -0.140. The van der Waals surface area contributed by atoms with Crippen molar-refractivity contribution in [2.24, 2.45) is 0 Å². The summed E-state index contributed by atoms with van der Waals surface area (Å²) >= 11 is 0. The van der Waals surface area contributed by atoms with Gasteiger partial charge in [-0.25, -0.2) is 9.97 Å². The lowest BCUT2D eigenvalue weighted by Crippen LogP contribution is -2.17. The van der Waals surface area contributed by atoms with Crippen LogP contribution >= 0.6 is 0 Å². The van der Waals surface area contributed by atoms with E-state index >= 15 is 0 Å². The number of nitrogens with zero attached hydrogens (tertiary/aromatic N) is 2. The number of anilines is 1. The summed E-state index contributed by atoms with van der Waals surface area (Å²) in [5, 5.41) is 2.92. The van der Waals surface area contributed by atoms with Gasteiger partial charge < -0.3 is 10.1 Å². The molecule has 16 heavy (non-hydrogen) atoms. The van der Waals surface area contributed by atoms with Crippen LogP contribution in [-0.2, 0) is 16.0 Å². The minimum Gasteiger partial charge on any atom is -0.465 e. The SMILES string of the molecule is CCOC(=O)CNc1cc(CC)nc(C)n1. The maximum Gasteiger partial charge on any atom is 0.325 e. The number of rotatable bonds is 5. The molecule has 0 aromatic carbocycles. The van der Waals surface area contributed by atoms with Gasteiger partial charge in [-0.1, -0.05) is 6.92 Å². The van der Waals surface area contributed by atoms with E-state index in [4.69, 9.17) is 4.74 Å². The van der Waals surface area contributed by atoms with E-state index in [-0.39, 0.29) is 12.5 Å². The van der Waals surface area contributed by atoms with Gasteiger partial charge in [0.05, 0.1) is 6.61 Å². The molecule has 0 unspecified atom stereocenters. The Morgan fingerprint density at radius 3 is 2.81 bits per heavy atom. The Bertz CT molecular complexity index is 366. The van der Waals surface area contributed by atoms with Crippen molar-refractivity contribution < 1.29 is 9.53 Å². The molecule has 1 aromatic heterocycles. The number of ether oxygens (including phenoxy) is 1. The Kier molecular flexibility index (Phi) is 4.69. The van der Waals surface area contributed by atoms with Crippen LogP contribution in [0.4, 0.5) is 5.82 Å². The highest BCUT2D eigenvalue weighted by Crippen LogP contribution is 2.06. The Morgan fingerprint density at radius 1 is 1.44 bits per heavy atom. The molecule has 0 amide bonds. The van der Waals surface area contributed by atoms with E-state index < -0.39 is 0 Å². The number of carbonyl (C=O) groups is 1. The molecule has 1 heterocycles. The summed E-state index contributed by atoms with van der Waals surface area (Å²) in [4.78, 5) is 19.6. The van der Waals surface area contributed by atoms with E-state index in [1.165, 1.54) is 0 Å². The molecule has 0 aliphatic carbocycles. The van der Waals surface area contributed by atoms with Gasteiger partial charge in [0.25, 0.3) is 0 Å². The molecule has 0 saturated heterocycles. The van der Waals surface area contributed by atoms with Gasteiger partial charge in [0.15, 0.2) is 0 Å². The molecular weight excluding hydrogens is 206 g/mol. The fraction of sp³-hybridized carbons (Fsp3) is 0.545. The first-order valence-electron chi connectivity index (χ1n) is 5.39. The lowest BCUT2D eigenvalue weighted by Gasteiger charge is -2.07. The second-order valence-electron chi connectivity index (χ2n) is 3.30. The Labute approximate surface area is 95.3 Å². The minimum atomic E-state index is -0.281. The summed E-state index contributed by atoms with van der Waals surface area (Å²) < 4.78 is 4.81. The molecule has 0 aliphatic heterocycles. The van der Waals surface area contributed by atoms with Crippen molar-refractivity contribution in [1.82, 2.24) is 9.97 Å². The third-order valence-electron chi connectivity index (χ3n) is 1.97. The minimum absolute atomic E-state index is 0.132. The van der Waals surface area contributed by atoms with E-state index in [1.807, 2.05) is 19.9 Å². The first-order valence-corrected chi connectivity index (χ1v) is 5.39. The van der Waals surface area contributed by atoms with Crippen molar-refractivity contribution in [2.75, 3.05) is 18.5 Å². The molecule has 0 fully saturated rings. The highest BCUT2D eigenvalue weighted by atomic mass is 16.5. The van der Waals surface area contributed by atoms with Gasteiger partial charge >= 0.3 is 5.97 Å². The van der Waals surface area contributed by atoms with Crippen molar-refractivity contribution in [3.05, 3.63) is 17.6 Å². The maximum atomic E-state index is 11.1. The summed E-state index contributed by atoms with van der Waals surface area (Å²) in [5.41, 5.74) is 0.957. The number of hydrogen-bond acceptors (Lipinski definition) is 5. The van der Waals surface area contributed by atoms with Crippen molar-refractivity contribution in [1.29, 1.82) is 0 Å². The Morgan fingerprint density at radius 2 is 2.19 bits per heavy atom. The average Bonchev–Trinajstić information content (AvgIpc) is 2.26. The maximum absolute atomic E-state index is 11.1. The first kappa shape index (κ1) is 12.4. The zero-order chi connectivity index (χ0) is 12.0. The molecule has 0 radical (unpaired) electrons. The molecule has 1 N–H and O–H groups in total. The van der Waals surface area contributed by atoms with E-state index in [1.54, 1.807) is 6.92 Å². The van der Waals surface area contributed by atoms with Gasteiger partial charge in [0, 0.05) is 11.8 Å². The number of carbonyl (C=O) groups excluding carboxylic acids is 1. The van der Waals surface area contributed by atoms with Crippen LogP contribution in [0.25, 0.3) is 0 Å². The molecular formula is C11H17N3O2. The fourth-order valence-corrected chi connectivity index (χ4v) is 1.28. The molecule has 1 aromatic rings. The van der Waals surface area contributed by atoms with Crippen LogP contribution in [0, 0.1) is 6.92 Å². The number of esters is 1. The molecule has 0 atom stereocenters. The second kappa shape index (κ2) is 6.05. The number of nitrogens with one attached hydrogen (secondary N) is 1. The van der Waals surface area contributed by atoms with Crippen molar-refractivity contribution in [3.8, 4) is 0 Å². The van der Waals surface area contributed by atoms with Gasteiger partial charge in [-0.3, -0.25) is 4.79 Å². The van der Waals surface area contributed by atoms with E-state index in [9.17, 15) is 4.79 Å². The third-order valence-corrected chi connectivity index (χ3v) is 1.97. The molecule has 0 aliphatic rings. The Balaban J connectivity index is 2.59. The summed E-state index contributed by atoms with van der Waals surface area (Å²) in [6.45, 7) is 6.16. The Hall–Kier alpha value is -1.65. The summed E-state index contributed by atoms with van der Waals surface area (Å²) in [5.74, 6) is 1.08. The standard InChI is InChI=1S/C11H17N3O2/c1-4-9-6-10(14-8(3)13-9)12-7-11(15)16-5-2/h6H,4-5,7H2,1-3H3,(H,12,13,14). The van der Waals surface area contributed by atoms with Crippen LogP contribution in [0.2, 0.25) is 0 Å². The summed E-state index contributed by atoms with van der Waals surface area (Å²) in [6, 6.07) is 1.84. The topological polar surface area (TPSA) is 64.1 Å². The average molecular weight is 223 g/mol. The van der Waals surface area contributed by atoms with Gasteiger partial charge in [0.2, 0.25) is 0 Å². The molecule has 0 saturated carbocycles. The fourth-order valence-electron chi connectivity index (χ4n) is 1.28. The van der Waals surface area contributed by atoms with Crippen LogP contribution < -0.4 is 5.32 Å². The quantitative estimate of drug-likeness (QED) is 0.763. The smallest absolute Gasteiger partial charge is 0.325 e. The molecule has 1 rings (SSSR count). The van der Waals surface area contributed by atoms with E-state index in [0.29, 0.717) is 18.2 Å². The van der Waals surface area contributed by atoms with Gasteiger partial charge in [-0.15, -0.1) is 0 Å². The molecule has 5 nitrogen and oxygen atoms in total. The predicted molar refractivity (Wildman–Crippen MR) is 61.3 cm³/mol. The van der Waals surface area contributed by atoms with Crippen LogP contribution in [-0.4, -0.2) is 29.1 Å². The van der Waals surface area contributed by atoms with Gasteiger partial charge in [-0.2, -0.15) is 0 Å². The van der Waals surface area contributed by atoms with Crippen LogP contribution in [0.15, 0.2) is 6.07 Å². The van der Waals surface area contributed by atoms with Crippen molar-refractivity contribution in [2.45, 2.75) is 27.2 Å². The molecule has 88 valence electrons. The highest BCUT2D eigenvalue weighted by Gasteiger charge is 2.04. The zero-order valence-corrected chi connectivity index (χ0v) is 9.91. The van der Waals surface area contributed by atoms with Crippen molar-refractivity contribution >= 4 is 11.8 Å². The van der Waals surface area contributed by atoms with E-state index in [2.05, 4.69) is 15.3 Å². The summed E-state index contributed by atoms with van der Waals surface area (Å²) in [7, 11) is 0. The zero-order valence-electron chi connectivity index (χ0n) is 9.91. The molecule has 0 spiro atoms. The lowest BCUT2D eigenvalue weighted by atomic mass is 10.3. The largest absolute Gasteiger partial charge is 0.465 e. The van der Waals surface area contributed by atoms with Crippen molar-refractivity contribution in [3.63, 3.8) is 0 Å². The van der Waals surface area contributed by atoms with Crippen LogP contribution in [0.5, 0.6) is 0 Å². The number of aromatic nitrogens is 2. The predicted octanol–water partition coefficient (Wildman–Crippen LogP) is 1.32. The van der Waals surface area contributed by atoms with Gasteiger partial charge in [-0.05, 0) is 20.3 Å². The monoisotopic (exact) mass is 223 g/mol. The van der Waals surface area contributed by atoms with Crippen LogP contribution in [0.3, 0.4) is 0 Å². The second-order valence-corrected chi connectivity index (χ2v) is 3.30. The number of hydrogen-bond donors (Lipinski definition) is 1. The molecule has 0 bridgehead atoms.